The van der Waals surface area contributed by atoms with E-state index in [-0.39, 0.29) is 5.91 Å². The van der Waals surface area contributed by atoms with Crippen molar-refractivity contribution in [2.75, 3.05) is 7.05 Å². The van der Waals surface area contributed by atoms with Gasteiger partial charge in [0.25, 0.3) is 5.91 Å². The van der Waals surface area contributed by atoms with Crippen molar-refractivity contribution >= 4 is 17.7 Å². The summed E-state index contributed by atoms with van der Waals surface area (Å²) in [5.74, 6) is -0.0640. The van der Waals surface area contributed by atoms with Crippen LogP contribution in [0.5, 0.6) is 0 Å². The molecule has 1 aromatic carbocycles. The molecule has 0 saturated heterocycles. The first-order valence-electron chi connectivity index (χ1n) is 4.39. The highest BCUT2D eigenvalue weighted by Crippen LogP contribution is 2.36. The molecular formula is C11H8N2OS. The van der Waals surface area contributed by atoms with Gasteiger partial charge in [-0.15, -0.1) is 0 Å². The minimum atomic E-state index is -0.0640. The van der Waals surface area contributed by atoms with Crippen molar-refractivity contribution in [1.82, 2.24) is 4.90 Å². The van der Waals surface area contributed by atoms with E-state index in [1.165, 1.54) is 22.7 Å². The Bertz CT molecular complexity index is 488. The average Bonchev–Trinajstić information content (AvgIpc) is 2.26. The molecule has 2 rings (SSSR count). The van der Waals surface area contributed by atoms with Gasteiger partial charge in [0.05, 0.1) is 16.7 Å². The third-order valence-electron chi connectivity index (χ3n) is 2.16. The Hall–Kier alpha value is -1.73. The van der Waals surface area contributed by atoms with Crippen LogP contribution < -0.4 is 0 Å². The molecule has 0 N–H and O–H groups in total. The highest BCUT2D eigenvalue weighted by atomic mass is 32.2. The summed E-state index contributed by atoms with van der Waals surface area (Å²) < 4.78 is 0. The van der Waals surface area contributed by atoms with E-state index in [1.54, 1.807) is 13.1 Å². The Balaban J connectivity index is 2.51. The van der Waals surface area contributed by atoms with Crippen LogP contribution in [-0.4, -0.2) is 17.9 Å². The molecule has 3 nitrogen and oxygen atoms in total. The second-order valence-corrected chi connectivity index (χ2v) is 4.14. The molecule has 0 aliphatic carbocycles. The molecule has 4 heteroatoms. The molecular weight excluding hydrogens is 208 g/mol. The van der Waals surface area contributed by atoms with Crippen molar-refractivity contribution < 1.29 is 4.79 Å². The lowest BCUT2D eigenvalue weighted by atomic mass is 10.2. The first-order chi connectivity index (χ1) is 7.24. The van der Waals surface area contributed by atoms with Crippen LogP contribution in [-0.2, 0) is 0 Å². The third kappa shape index (κ3) is 1.62. The maximum Gasteiger partial charge on any atom is 0.259 e. The Morgan fingerprint density at radius 2 is 2.20 bits per heavy atom. The second kappa shape index (κ2) is 3.79. The number of nitrogens with zero attached hydrogens (tertiary/aromatic N) is 2. The molecule has 1 aromatic rings. The van der Waals surface area contributed by atoms with Gasteiger partial charge in [0.1, 0.15) is 0 Å². The summed E-state index contributed by atoms with van der Waals surface area (Å²) >= 11 is 1.44. The predicted molar refractivity (Wildman–Crippen MR) is 58.1 cm³/mol. The van der Waals surface area contributed by atoms with E-state index in [0.717, 1.165) is 4.90 Å². The summed E-state index contributed by atoms with van der Waals surface area (Å²) in [5, 5.41) is 9.26. The molecule has 1 aliphatic rings. The molecule has 1 aliphatic heterocycles. The normalized spacial score (nSPS) is 17.5. The van der Waals surface area contributed by atoms with Crippen LogP contribution in [0.4, 0.5) is 0 Å². The van der Waals surface area contributed by atoms with Gasteiger partial charge in [-0.05, 0) is 12.1 Å². The highest BCUT2D eigenvalue weighted by molar-refractivity contribution is 8.03. The smallest absolute Gasteiger partial charge is 0.259 e. The van der Waals surface area contributed by atoms with Crippen molar-refractivity contribution in [2.45, 2.75) is 4.90 Å². The Morgan fingerprint density at radius 3 is 2.93 bits per heavy atom. The zero-order valence-electron chi connectivity index (χ0n) is 8.10. The van der Waals surface area contributed by atoms with Crippen molar-refractivity contribution in [3.63, 3.8) is 0 Å². The van der Waals surface area contributed by atoms with Crippen LogP contribution in [0.3, 0.4) is 0 Å². The fraction of sp³-hybridized carbons (Fsp3) is 0.0909. The number of rotatable bonds is 0. The first-order valence-corrected chi connectivity index (χ1v) is 5.20. The Morgan fingerprint density at radius 1 is 1.47 bits per heavy atom. The lowest BCUT2D eigenvalue weighted by molar-refractivity contribution is 0.0839. The van der Waals surface area contributed by atoms with Gasteiger partial charge in [-0.2, -0.15) is 5.26 Å². The number of hydrogen-bond donors (Lipinski definition) is 0. The van der Waals surface area contributed by atoms with Crippen LogP contribution in [0.15, 0.2) is 40.3 Å². The quantitative estimate of drug-likeness (QED) is 0.625. The van der Waals surface area contributed by atoms with Gasteiger partial charge >= 0.3 is 0 Å². The lowest BCUT2D eigenvalue weighted by Crippen LogP contribution is -2.28. The summed E-state index contributed by atoms with van der Waals surface area (Å²) in [5.41, 5.74) is 0.695. The maximum atomic E-state index is 11.9. The number of benzene rings is 1. The number of allylic oxidation sites excluding steroid dienone is 1. The zero-order valence-corrected chi connectivity index (χ0v) is 8.91. The topological polar surface area (TPSA) is 44.1 Å². The van der Waals surface area contributed by atoms with Crippen LogP contribution in [0, 0.1) is 11.3 Å². The van der Waals surface area contributed by atoms with Crippen molar-refractivity contribution in [1.29, 1.82) is 5.26 Å². The van der Waals surface area contributed by atoms with Crippen molar-refractivity contribution in [3.8, 4) is 6.07 Å². The molecule has 0 spiro atoms. The van der Waals surface area contributed by atoms with E-state index in [2.05, 4.69) is 0 Å². The van der Waals surface area contributed by atoms with Crippen molar-refractivity contribution in [2.24, 2.45) is 0 Å². The minimum Gasteiger partial charge on any atom is -0.305 e. The van der Waals surface area contributed by atoms with E-state index < -0.39 is 0 Å². The number of carbonyl (C=O) groups is 1. The molecule has 1 heterocycles. The van der Waals surface area contributed by atoms with Gasteiger partial charge in [0.2, 0.25) is 0 Å². The van der Waals surface area contributed by atoms with E-state index >= 15 is 0 Å². The Labute approximate surface area is 92.0 Å². The number of fused-ring (bicyclic) bond motifs is 1. The first kappa shape index (κ1) is 9.81. The fourth-order valence-corrected chi connectivity index (χ4v) is 2.34. The molecule has 1 amide bonds. The van der Waals surface area contributed by atoms with E-state index in [4.69, 9.17) is 5.26 Å². The van der Waals surface area contributed by atoms with Crippen LogP contribution in [0.25, 0.3) is 0 Å². The Kier molecular flexibility index (Phi) is 2.48. The predicted octanol–water partition coefficient (Wildman–Crippen LogP) is 2.23. The van der Waals surface area contributed by atoms with Gasteiger partial charge in [0, 0.05) is 18.0 Å². The summed E-state index contributed by atoms with van der Waals surface area (Å²) in [4.78, 5) is 14.3. The van der Waals surface area contributed by atoms with Gasteiger partial charge < -0.3 is 4.90 Å². The monoisotopic (exact) mass is 216 g/mol. The van der Waals surface area contributed by atoms with E-state index in [0.29, 0.717) is 10.6 Å². The minimum absolute atomic E-state index is 0.0640. The second-order valence-electron chi connectivity index (χ2n) is 3.07. The third-order valence-corrected chi connectivity index (χ3v) is 3.33. The summed E-state index contributed by atoms with van der Waals surface area (Å²) in [6.07, 6.45) is 1.39. The van der Waals surface area contributed by atoms with Crippen LogP contribution >= 0.6 is 11.8 Å². The molecule has 15 heavy (non-hydrogen) atoms. The molecule has 0 atom stereocenters. The fourth-order valence-electron chi connectivity index (χ4n) is 1.38. The lowest BCUT2D eigenvalue weighted by Gasteiger charge is -2.26. The van der Waals surface area contributed by atoms with Crippen molar-refractivity contribution in [3.05, 3.63) is 40.9 Å². The molecule has 0 aromatic heterocycles. The average molecular weight is 216 g/mol. The molecule has 0 saturated carbocycles. The summed E-state index contributed by atoms with van der Waals surface area (Å²) in [6.45, 7) is 0. The van der Waals surface area contributed by atoms with Gasteiger partial charge in [-0.25, -0.2) is 0 Å². The largest absolute Gasteiger partial charge is 0.305 e. The summed E-state index contributed by atoms with van der Waals surface area (Å²) in [7, 11) is 1.68. The number of amides is 1. The number of nitriles is 1. The standard InChI is InChI=1S/C11H8N2OS/c1-13-10(6-7-12)15-9-5-3-2-4-8(9)11(13)14/h2-6H,1H3/b10-6+. The van der Waals surface area contributed by atoms with Crippen LogP contribution in [0.2, 0.25) is 0 Å². The van der Waals surface area contributed by atoms with Gasteiger partial charge in [-0.1, -0.05) is 23.9 Å². The molecule has 0 fully saturated rings. The van der Waals surface area contributed by atoms with E-state index in [1.807, 2.05) is 24.3 Å². The van der Waals surface area contributed by atoms with Crippen LogP contribution in [0.1, 0.15) is 10.4 Å². The molecule has 0 unspecified atom stereocenters. The molecule has 74 valence electrons. The number of carbonyl (C=O) groups excluding carboxylic acids is 1. The molecule has 0 bridgehead atoms. The van der Waals surface area contributed by atoms with Gasteiger partial charge in [0.15, 0.2) is 0 Å². The van der Waals surface area contributed by atoms with Gasteiger partial charge in [-0.3, -0.25) is 4.79 Å². The zero-order chi connectivity index (χ0) is 10.8. The van der Waals surface area contributed by atoms with E-state index in [9.17, 15) is 4.79 Å². The molecule has 0 radical (unpaired) electrons. The maximum absolute atomic E-state index is 11.9. The SMILES string of the molecule is CN1C(=O)c2ccccc2S/C1=C/C#N. The highest BCUT2D eigenvalue weighted by Gasteiger charge is 2.25. The summed E-state index contributed by atoms with van der Waals surface area (Å²) in [6, 6.07) is 9.34. The number of thioether (sulfide) groups is 1. The number of hydrogen-bond acceptors (Lipinski definition) is 3.